The van der Waals surface area contributed by atoms with Crippen LogP contribution in [0.1, 0.15) is 32.6 Å². The number of esters is 1. The van der Waals surface area contributed by atoms with Gasteiger partial charge in [0, 0.05) is 12.3 Å². The molecule has 3 unspecified atom stereocenters. The molecule has 0 aromatic heterocycles. The molecule has 0 radical (unpaired) electrons. The highest BCUT2D eigenvalue weighted by Gasteiger charge is 2.56. The van der Waals surface area contributed by atoms with E-state index in [4.69, 9.17) is 14.2 Å². The van der Waals surface area contributed by atoms with Crippen molar-refractivity contribution in [2.45, 2.75) is 38.4 Å². The zero-order valence-corrected chi connectivity index (χ0v) is 10.3. The first-order valence-corrected chi connectivity index (χ1v) is 6.70. The normalized spacial score (nSPS) is 38.5. The smallest absolute Gasteiger partial charge is 0.309 e. The number of fused-ring (bicyclic) bond motifs is 2. The van der Waals surface area contributed by atoms with E-state index in [9.17, 15) is 4.79 Å². The van der Waals surface area contributed by atoms with Gasteiger partial charge in [-0.2, -0.15) is 0 Å². The fourth-order valence-corrected chi connectivity index (χ4v) is 3.77. The Balaban J connectivity index is 1.73. The molecule has 3 atom stereocenters. The first-order valence-electron chi connectivity index (χ1n) is 6.70. The van der Waals surface area contributed by atoms with E-state index < -0.39 is 0 Å². The van der Waals surface area contributed by atoms with Gasteiger partial charge in [0.2, 0.25) is 0 Å². The maximum atomic E-state index is 11.9. The van der Waals surface area contributed by atoms with Crippen molar-refractivity contribution in [1.29, 1.82) is 0 Å². The molecule has 3 aliphatic carbocycles. The molecule has 3 saturated carbocycles. The average molecular weight is 240 g/mol. The first-order chi connectivity index (χ1) is 8.25. The van der Waals surface area contributed by atoms with Gasteiger partial charge in [0.1, 0.15) is 0 Å². The topological polar surface area (TPSA) is 44.8 Å². The van der Waals surface area contributed by atoms with Crippen LogP contribution < -0.4 is 0 Å². The summed E-state index contributed by atoms with van der Waals surface area (Å²) in [5, 5.41) is 0. The van der Waals surface area contributed by atoms with Crippen LogP contribution in [0, 0.1) is 17.8 Å². The summed E-state index contributed by atoms with van der Waals surface area (Å²) >= 11 is 0. The van der Waals surface area contributed by atoms with E-state index in [0.717, 1.165) is 25.7 Å². The van der Waals surface area contributed by atoms with Crippen molar-refractivity contribution in [3.8, 4) is 0 Å². The number of carbonyl (C=O) groups excluding carboxylic acids is 1. The zero-order chi connectivity index (χ0) is 11.9. The quantitative estimate of drug-likeness (QED) is 0.689. The summed E-state index contributed by atoms with van der Waals surface area (Å²) in [7, 11) is 0. The Hall–Kier alpha value is -0.610. The highest BCUT2D eigenvalue weighted by molar-refractivity contribution is 5.73. The van der Waals surface area contributed by atoms with Crippen LogP contribution in [0.4, 0.5) is 0 Å². The molecule has 4 nitrogen and oxygen atoms in total. The molecule has 17 heavy (non-hydrogen) atoms. The Kier molecular flexibility index (Phi) is 2.87. The van der Waals surface area contributed by atoms with E-state index in [1.54, 1.807) is 0 Å². The second-order valence-electron chi connectivity index (χ2n) is 5.34. The minimum Gasteiger partial charge on any atom is -0.466 e. The van der Waals surface area contributed by atoms with Gasteiger partial charge in [-0.1, -0.05) is 0 Å². The number of carbonyl (C=O) groups is 1. The molecule has 4 heteroatoms. The maximum Gasteiger partial charge on any atom is 0.309 e. The van der Waals surface area contributed by atoms with Gasteiger partial charge in [0.25, 0.3) is 0 Å². The predicted octanol–water partition coefficient (Wildman–Crippen LogP) is 1.73. The zero-order valence-electron chi connectivity index (χ0n) is 10.3. The van der Waals surface area contributed by atoms with Gasteiger partial charge in [-0.05, 0) is 32.1 Å². The Labute approximate surface area is 102 Å². The monoisotopic (exact) mass is 240 g/mol. The van der Waals surface area contributed by atoms with Gasteiger partial charge in [0.15, 0.2) is 5.79 Å². The molecule has 1 aliphatic heterocycles. The molecule has 2 bridgehead atoms. The molecule has 1 spiro atoms. The molecule has 0 N–H and O–H groups in total. The summed E-state index contributed by atoms with van der Waals surface area (Å²) in [6.45, 7) is 3.75. The lowest BCUT2D eigenvalue weighted by Crippen LogP contribution is -2.53. The number of ether oxygens (including phenoxy) is 3. The van der Waals surface area contributed by atoms with Crippen molar-refractivity contribution < 1.29 is 19.0 Å². The van der Waals surface area contributed by atoms with Crippen molar-refractivity contribution in [1.82, 2.24) is 0 Å². The van der Waals surface area contributed by atoms with Crippen molar-refractivity contribution >= 4 is 5.97 Å². The molecule has 0 aromatic carbocycles. The number of hydrogen-bond donors (Lipinski definition) is 0. The van der Waals surface area contributed by atoms with E-state index in [2.05, 4.69) is 0 Å². The maximum absolute atomic E-state index is 11.9. The molecule has 4 aliphatic rings. The van der Waals surface area contributed by atoms with Gasteiger partial charge >= 0.3 is 5.97 Å². The first kappa shape index (κ1) is 11.5. The van der Waals surface area contributed by atoms with E-state index >= 15 is 0 Å². The lowest BCUT2D eigenvalue weighted by Gasteiger charge is -2.50. The van der Waals surface area contributed by atoms with E-state index in [1.807, 2.05) is 6.92 Å². The van der Waals surface area contributed by atoms with Crippen LogP contribution in [0.25, 0.3) is 0 Å². The Bertz CT molecular complexity index is 309. The predicted molar refractivity (Wildman–Crippen MR) is 60.2 cm³/mol. The summed E-state index contributed by atoms with van der Waals surface area (Å²) in [5.41, 5.74) is 0. The van der Waals surface area contributed by atoms with Crippen LogP contribution in [0.3, 0.4) is 0 Å². The minimum absolute atomic E-state index is 0.0185. The third-order valence-corrected chi connectivity index (χ3v) is 4.53. The van der Waals surface area contributed by atoms with Crippen LogP contribution in [0.15, 0.2) is 0 Å². The molecule has 0 aromatic rings. The van der Waals surface area contributed by atoms with Gasteiger partial charge in [-0.25, -0.2) is 0 Å². The van der Waals surface area contributed by atoms with Crippen molar-refractivity contribution in [3.05, 3.63) is 0 Å². The molecule has 1 heterocycles. The summed E-state index contributed by atoms with van der Waals surface area (Å²) in [6, 6.07) is 0. The Morgan fingerprint density at radius 2 is 2.12 bits per heavy atom. The second-order valence-corrected chi connectivity index (χ2v) is 5.34. The van der Waals surface area contributed by atoms with Crippen LogP contribution in [-0.2, 0) is 19.0 Å². The van der Waals surface area contributed by atoms with E-state index in [0.29, 0.717) is 31.7 Å². The third-order valence-electron chi connectivity index (χ3n) is 4.53. The average Bonchev–Trinajstić information content (AvgIpc) is 2.79. The van der Waals surface area contributed by atoms with Crippen LogP contribution in [0.5, 0.6) is 0 Å². The molecular formula is C13H20O4. The SMILES string of the molecule is CCOC(=O)C1CC2CCC1CC21OCCO1. The van der Waals surface area contributed by atoms with Crippen LogP contribution in [0.2, 0.25) is 0 Å². The summed E-state index contributed by atoms with van der Waals surface area (Å²) in [6.07, 6.45) is 3.99. The standard InChI is InChI=1S/C13H20O4/c1-2-15-12(14)11-7-10-4-3-9(11)8-13(10)16-5-6-17-13/h9-11H,2-8H2,1H3. The third kappa shape index (κ3) is 1.78. The number of hydrogen-bond acceptors (Lipinski definition) is 4. The fraction of sp³-hybridized carbons (Fsp3) is 0.923. The second kappa shape index (κ2) is 4.25. The van der Waals surface area contributed by atoms with Crippen molar-refractivity contribution in [2.75, 3.05) is 19.8 Å². The van der Waals surface area contributed by atoms with Crippen molar-refractivity contribution in [3.63, 3.8) is 0 Å². The summed E-state index contributed by atoms with van der Waals surface area (Å²) in [5.74, 6) is 0.468. The Morgan fingerprint density at radius 1 is 1.35 bits per heavy atom. The summed E-state index contributed by atoms with van der Waals surface area (Å²) in [4.78, 5) is 11.9. The van der Waals surface area contributed by atoms with Gasteiger partial charge in [-0.15, -0.1) is 0 Å². The van der Waals surface area contributed by atoms with Gasteiger partial charge in [0.05, 0.1) is 25.7 Å². The fourth-order valence-electron chi connectivity index (χ4n) is 3.77. The molecular weight excluding hydrogens is 220 g/mol. The molecule has 0 amide bonds. The lowest BCUT2D eigenvalue weighted by molar-refractivity contribution is -0.250. The Morgan fingerprint density at radius 3 is 2.71 bits per heavy atom. The molecule has 96 valence electrons. The van der Waals surface area contributed by atoms with Crippen LogP contribution in [-0.4, -0.2) is 31.6 Å². The van der Waals surface area contributed by atoms with Gasteiger partial charge in [-0.3, -0.25) is 4.79 Å². The molecule has 4 fully saturated rings. The van der Waals surface area contributed by atoms with Crippen LogP contribution >= 0.6 is 0 Å². The van der Waals surface area contributed by atoms with E-state index in [-0.39, 0.29) is 17.7 Å². The molecule has 1 saturated heterocycles. The van der Waals surface area contributed by atoms with Gasteiger partial charge < -0.3 is 14.2 Å². The largest absolute Gasteiger partial charge is 0.466 e. The molecule has 4 rings (SSSR count). The number of rotatable bonds is 2. The van der Waals surface area contributed by atoms with E-state index in [1.165, 1.54) is 0 Å². The van der Waals surface area contributed by atoms with Crippen molar-refractivity contribution in [2.24, 2.45) is 17.8 Å². The highest BCUT2D eigenvalue weighted by atomic mass is 16.7. The summed E-state index contributed by atoms with van der Waals surface area (Å²) < 4.78 is 16.8. The highest BCUT2D eigenvalue weighted by Crippen LogP contribution is 2.53. The lowest BCUT2D eigenvalue weighted by atomic mass is 9.61. The minimum atomic E-state index is -0.355.